The van der Waals surface area contributed by atoms with E-state index in [1.165, 1.54) is 0 Å². The Kier molecular flexibility index (Phi) is 5.33. The first-order chi connectivity index (χ1) is 9.48. The third-order valence-electron chi connectivity index (χ3n) is 3.03. The molecule has 1 N–H and O–H groups in total. The molecule has 1 rings (SSSR count). The van der Waals surface area contributed by atoms with Crippen molar-refractivity contribution < 1.29 is 19.4 Å². The van der Waals surface area contributed by atoms with Crippen molar-refractivity contribution in [1.82, 2.24) is 0 Å². The number of rotatable bonds is 5. The van der Waals surface area contributed by atoms with Gasteiger partial charge in [0.15, 0.2) is 0 Å². The maximum atomic E-state index is 12.3. The van der Waals surface area contributed by atoms with E-state index in [0.29, 0.717) is 5.56 Å². The fourth-order valence-electron chi connectivity index (χ4n) is 1.96. The molecule has 0 aliphatic rings. The normalized spacial score (nSPS) is 12.8. The number of esters is 1. The Morgan fingerprint density at radius 2 is 2.10 bits per heavy atom. The SMILES string of the molecule is CC#CCC(C(=O)O)(C(=O)OCC)c1cccc(C)c1. The molecule has 1 unspecified atom stereocenters. The molecule has 0 saturated carbocycles. The van der Waals surface area contributed by atoms with E-state index < -0.39 is 17.4 Å². The highest BCUT2D eigenvalue weighted by atomic mass is 16.5. The van der Waals surface area contributed by atoms with Crippen molar-refractivity contribution >= 4 is 11.9 Å². The number of carboxylic acids is 1. The van der Waals surface area contributed by atoms with Crippen molar-refractivity contribution in [1.29, 1.82) is 0 Å². The van der Waals surface area contributed by atoms with Crippen molar-refractivity contribution in [2.24, 2.45) is 0 Å². The van der Waals surface area contributed by atoms with Crippen molar-refractivity contribution in [3.63, 3.8) is 0 Å². The minimum Gasteiger partial charge on any atom is -0.480 e. The number of carboxylic acid groups (broad SMARTS) is 1. The van der Waals surface area contributed by atoms with E-state index in [4.69, 9.17) is 4.74 Å². The van der Waals surface area contributed by atoms with Gasteiger partial charge in [-0.3, -0.25) is 9.59 Å². The predicted molar refractivity (Wildman–Crippen MR) is 75.2 cm³/mol. The maximum absolute atomic E-state index is 12.3. The molecule has 0 amide bonds. The molecule has 106 valence electrons. The largest absolute Gasteiger partial charge is 0.480 e. The van der Waals surface area contributed by atoms with Gasteiger partial charge >= 0.3 is 11.9 Å². The maximum Gasteiger partial charge on any atom is 0.329 e. The van der Waals surface area contributed by atoms with E-state index in [-0.39, 0.29) is 13.0 Å². The summed E-state index contributed by atoms with van der Waals surface area (Å²) in [7, 11) is 0. The zero-order valence-corrected chi connectivity index (χ0v) is 11.9. The molecule has 0 aromatic heterocycles. The van der Waals surface area contributed by atoms with Gasteiger partial charge in [-0.15, -0.1) is 11.8 Å². The molecular weight excluding hydrogens is 256 g/mol. The fourth-order valence-corrected chi connectivity index (χ4v) is 1.96. The van der Waals surface area contributed by atoms with Gasteiger partial charge in [-0.05, 0) is 26.3 Å². The lowest BCUT2D eigenvalue weighted by molar-refractivity contribution is -0.161. The smallest absolute Gasteiger partial charge is 0.329 e. The number of benzene rings is 1. The Bertz CT molecular complexity index is 565. The summed E-state index contributed by atoms with van der Waals surface area (Å²) in [6.07, 6.45) is -0.110. The van der Waals surface area contributed by atoms with E-state index in [0.717, 1.165) is 5.56 Å². The van der Waals surface area contributed by atoms with Crippen LogP contribution in [0.5, 0.6) is 0 Å². The second-order valence-corrected chi connectivity index (χ2v) is 4.40. The molecule has 0 bridgehead atoms. The van der Waals surface area contributed by atoms with Gasteiger partial charge in [0, 0.05) is 6.42 Å². The van der Waals surface area contributed by atoms with Gasteiger partial charge in [-0.2, -0.15) is 0 Å². The lowest BCUT2D eigenvalue weighted by Gasteiger charge is -2.26. The number of aliphatic carboxylic acids is 1. The van der Waals surface area contributed by atoms with E-state index in [1.54, 1.807) is 32.0 Å². The van der Waals surface area contributed by atoms with Gasteiger partial charge in [0.1, 0.15) is 0 Å². The van der Waals surface area contributed by atoms with Gasteiger partial charge < -0.3 is 9.84 Å². The van der Waals surface area contributed by atoms with Crippen LogP contribution in [0.1, 0.15) is 31.4 Å². The molecule has 1 aromatic rings. The zero-order valence-electron chi connectivity index (χ0n) is 11.9. The molecule has 1 aromatic carbocycles. The van der Waals surface area contributed by atoms with Crippen LogP contribution in [-0.4, -0.2) is 23.7 Å². The fraction of sp³-hybridized carbons (Fsp3) is 0.375. The summed E-state index contributed by atoms with van der Waals surface area (Å²) in [5.74, 6) is 3.31. The summed E-state index contributed by atoms with van der Waals surface area (Å²) in [6.45, 7) is 5.21. The molecular formula is C16H18O4. The molecule has 0 saturated heterocycles. The average Bonchev–Trinajstić information content (AvgIpc) is 2.39. The highest BCUT2D eigenvalue weighted by Gasteiger charge is 2.49. The van der Waals surface area contributed by atoms with Crippen LogP contribution < -0.4 is 0 Å². The first kappa shape index (κ1) is 15.8. The second kappa shape index (κ2) is 6.76. The Balaban J connectivity index is 3.46. The van der Waals surface area contributed by atoms with Gasteiger partial charge in [-0.1, -0.05) is 29.8 Å². The second-order valence-electron chi connectivity index (χ2n) is 4.40. The summed E-state index contributed by atoms with van der Waals surface area (Å²) in [5, 5.41) is 9.62. The third-order valence-corrected chi connectivity index (χ3v) is 3.03. The summed E-state index contributed by atoms with van der Waals surface area (Å²) < 4.78 is 4.97. The van der Waals surface area contributed by atoms with Gasteiger partial charge in [0.2, 0.25) is 5.41 Å². The molecule has 0 aliphatic carbocycles. The molecule has 4 heteroatoms. The molecule has 0 spiro atoms. The summed E-state index contributed by atoms with van der Waals surface area (Å²) >= 11 is 0. The Labute approximate surface area is 118 Å². The minimum absolute atomic E-state index is 0.110. The van der Waals surface area contributed by atoms with Crippen molar-refractivity contribution in [2.45, 2.75) is 32.6 Å². The van der Waals surface area contributed by atoms with Crippen molar-refractivity contribution in [3.05, 3.63) is 35.4 Å². The monoisotopic (exact) mass is 274 g/mol. The van der Waals surface area contributed by atoms with Crippen molar-refractivity contribution in [3.8, 4) is 11.8 Å². The lowest BCUT2D eigenvalue weighted by Crippen LogP contribution is -2.45. The van der Waals surface area contributed by atoms with Crippen LogP contribution in [0.4, 0.5) is 0 Å². The van der Waals surface area contributed by atoms with E-state index in [2.05, 4.69) is 11.8 Å². The first-order valence-corrected chi connectivity index (χ1v) is 6.36. The summed E-state index contributed by atoms with van der Waals surface area (Å²) in [4.78, 5) is 24.0. The Hall–Kier alpha value is -2.28. The van der Waals surface area contributed by atoms with E-state index in [9.17, 15) is 14.7 Å². The molecule has 0 fully saturated rings. The summed E-state index contributed by atoms with van der Waals surface area (Å²) in [5.41, 5.74) is -0.501. The molecule has 0 aliphatic heterocycles. The molecule has 0 radical (unpaired) electrons. The van der Waals surface area contributed by atoms with Crippen LogP contribution in [0, 0.1) is 18.8 Å². The highest BCUT2D eigenvalue weighted by Crippen LogP contribution is 2.31. The van der Waals surface area contributed by atoms with Gasteiger partial charge in [0.05, 0.1) is 6.61 Å². The number of carbonyl (C=O) groups excluding carboxylic acids is 1. The van der Waals surface area contributed by atoms with Gasteiger partial charge in [0.25, 0.3) is 0 Å². The quantitative estimate of drug-likeness (QED) is 0.508. The van der Waals surface area contributed by atoms with Crippen LogP contribution in [0.25, 0.3) is 0 Å². The zero-order chi connectivity index (χ0) is 15.2. The van der Waals surface area contributed by atoms with Crippen LogP contribution >= 0.6 is 0 Å². The molecule has 1 atom stereocenters. The lowest BCUT2D eigenvalue weighted by atomic mass is 9.77. The number of carbonyl (C=O) groups is 2. The van der Waals surface area contributed by atoms with Crippen LogP contribution in [0.3, 0.4) is 0 Å². The third kappa shape index (κ3) is 3.00. The van der Waals surface area contributed by atoms with E-state index >= 15 is 0 Å². The predicted octanol–water partition coefficient (Wildman–Crippen LogP) is 2.29. The number of hydrogen-bond donors (Lipinski definition) is 1. The van der Waals surface area contributed by atoms with Crippen LogP contribution in [0.2, 0.25) is 0 Å². The van der Waals surface area contributed by atoms with E-state index in [1.807, 2.05) is 13.0 Å². The standard InChI is InChI=1S/C16H18O4/c1-4-6-10-16(14(17)18,15(19)20-5-2)13-9-7-8-12(3)11-13/h7-9,11H,5,10H2,1-3H3,(H,17,18). The van der Waals surface area contributed by atoms with Gasteiger partial charge in [-0.25, -0.2) is 0 Å². The first-order valence-electron chi connectivity index (χ1n) is 6.36. The van der Waals surface area contributed by atoms with Crippen LogP contribution in [-0.2, 0) is 19.7 Å². The molecule has 20 heavy (non-hydrogen) atoms. The number of ether oxygens (including phenoxy) is 1. The minimum atomic E-state index is -1.77. The van der Waals surface area contributed by atoms with Crippen molar-refractivity contribution in [2.75, 3.05) is 6.61 Å². The number of aryl methyl sites for hydroxylation is 1. The van der Waals surface area contributed by atoms with Crippen LogP contribution in [0.15, 0.2) is 24.3 Å². The molecule has 4 nitrogen and oxygen atoms in total. The summed E-state index contributed by atoms with van der Waals surface area (Å²) in [6, 6.07) is 6.87. The highest BCUT2D eigenvalue weighted by molar-refractivity contribution is 6.06. The Morgan fingerprint density at radius 3 is 2.60 bits per heavy atom. The number of hydrogen-bond acceptors (Lipinski definition) is 3. The average molecular weight is 274 g/mol. The molecule has 0 heterocycles. The topological polar surface area (TPSA) is 63.6 Å². The Morgan fingerprint density at radius 1 is 1.40 bits per heavy atom.